The van der Waals surface area contributed by atoms with E-state index in [9.17, 15) is 29.3 Å². The number of ether oxygens (including phenoxy) is 2. The summed E-state index contributed by atoms with van der Waals surface area (Å²) in [6, 6.07) is 3.78. The fourth-order valence-electron chi connectivity index (χ4n) is 2.60. The van der Waals surface area contributed by atoms with Gasteiger partial charge in [-0.25, -0.2) is 4.79 Å². The molecule has 0 aliphatic rings. The van der Waals surface area contributed by atoms with Gasteiger partial charge in [-0.05, 0) is 12.5 Å². The summed E-state index contributed by atoms with van der Waals surface area (Å²) in [5.74, 6) is -2.60. The van der Waals surface area contributed by atoms with Crippen molar-refractivity contribution in [2.24, 2.45) is 0 Å². The van der Waals surface area contributed by atoms with Crippen LogP contribution < -0.4 is 5.76 Å². The molecule has 0 fully saturated rings. The molecule has 2 aromatic rings. The molecule has 12 nitrogen and oxygen atoms in total. The van der Waals surface area contributed by atoms with Gasteiger partial charge in [-0.2, -0.15) is 0 Å². The molecular formula is C17H19N3O9. The van der Waals surface area contributed by atoms with Crippen LogP contribution in [0.3, 0.4) is 0 Å². The maximum absolute atomic E-state index is 12.4. The van der Waals surface area contributed by atoms with E-state index in [2.05, 4.69) is 9.47 Å². The van der Waals surface area contributed by atoms with Gasteiger partial charge in [-0.15, -0.1) is 0 Å². The quantitative estimate of drug-likeness (QED) is 0.327. The van der Waals surface area contributed by atoms with Crippen LogP contribution in [0.4, 0.5) is 5.69 Å². The Morgan fingerprint density at radius 3 is 2.34 bits per heavy atom. The minimum absolute atomic E-state index is 0.0635. The summed E-state index contributed by atoms with van der Waals surface area (Å²) in [6.45, 7) is -0.731. The Morgan fingerprint density at radius 2 is 1.79 bits per heavy atom. The third kappa shape index (κ3) is 5.40. The Morgan fingerprint density at radius 1 is 1.17 bits per heavy atom. The molecular weight excluding hydrogens is 390 g/mol. The average molecular weight is 409 g/mol. The van der Waals surface area contributed by atoms with E-state index in [4.69, 9.17) is 4.42 Å². The van der Waals surface area contributed by atoms with Crippen molar-refractivity contribution in [2.75, 3.05) is 27.3 Å². The highest BCUT2D eigenvalue weighted by Gasteiger charge is 2.21. The standard InChI is InChI=1S/C17H19N3O9/c1-27-15(22)9-18(10-16(23)28-2)14(21)4-3-7-19-12-6-5-11(20(25)26)8-13(12)29-17(19)24/h5-6,8H,3-4,7,9-10H2,1-2H3. The van der Waals surface area contributed by atoms with E-state index in [0.29, 0.717) is 5.52 Å². The van der Waals surface area contributed by atoms with Crippen LogP contribution in [0, 0.1) is 10.1 Å². The number of nitro benzene ring substituents is 1. The lowest BCUT2D eigenvalue weighted by atomic mass is 10.2. The number of oxazole rings is 1. The molecule has 156 valence electrons. The number of carbonyl (C=O) groups excluding carboxylic acids is 3. The molecule has 12 heteroatoms. The molecule has 1 aromatic heterocycles. The first kappa shape index (κ1) is 21.6. The lowest BCUT2D eigenvalue weighted by Crippen LogP contribution is -2.40. The Bertz CT molecular complexity index is 974. The average Bonchev–Trinajstić information content (AvgIpc) is 3.01. The molecule has 29 heavy (non-hydrogen) atoms. The van der Waals surface area contributed by atoms with Gasteiger partial charge in [0, 0.05) is 19.0 Å². The van der Waals surface area contributed by atoms with E-state index in [1.165, 1.54) is 16.7 Å². The van der Waals surface area contributed by atoms with Gasteiger partial charge >= 0.3 is 17.7 Å². The number of hydrogen-bond donors (Lipinski definition) is 0. The maximum atomic E-state index is 12.4. The fourth-order valence-corrected chi connectivity index (χ4v) is 2.60. The highest BCUT2D eigenvalue weighted by molar-refractivity contribution is 5.86. The van der Waals surface area contributed by atoms with Crippen molar-refractivity contribution in [3.63, 3.8) is 0 Å². The number of rotatable bonds is 9. The number of nitrogens with zero attached hydrogens (tertiary/aromatic N) is 3. The zero-order chi connectivity index (χ0) is 21.6. The van der Waals surface area contributed by atoms with Crippen molar-refractivity contribution in [3.8, 4) is 0 Å². The zero-order valence-corrected chi connectivity index (χ0v) is 15.8. The number of amides is 1. The number of aryl methyl sites for hydroxylation is 1. The van der Waals surface area contributed by atoms with Crippen LogP contribution in [0.2, 0.25) is 0 Å². The summed E-state index contributed by atoms with van der Waals surface area (Å²) in [7, 11) is 2.31. The molecule has 0 aliphatic heterocycles. The summed E-state index contributed by atoms with van der Waals surface area (Å²) in [5, 5.41) is 10.8. The molecule has 1 amide bonds. The van der Waals surface area contributed by atoms with E-state index in [1.54, 1.807) is 0 Å². The molecule has 1 aromatic carbocycles. The molecule has 0 radical (unpaired) electrons. The molecule has 0 atom stereocenters. The fraction of sp³-hybridized carbons (Fsp3) is 0.412. The zero-order valence-electron chi connectivity index (χ0n) is 15.8. The normalized spacial score (nSPS) is 10.6. The van der Waals surface area contributed by atoms with Crippen LogP contribution in [0.1, 0.15) is 12.8 Å². The van der Waals surface area contributed by atoms with Crippen molar-refractivity contribution < 1.29 is 33.2 Å². The molecule has 0 bridgehead atoms. The van der Waals surface area contributed by atoms with Crippen LogP contribution in [0.15, 0.2) is 27.4 Å². The highest BCUT2D eigenvalue weighted by Crippen LogP contribution is 2.20. The summed E-state index contributed by atoms with van der Waals surface area (Å²) in [5.41, 5.74) is 0.206. The second-order valence-electron chi connectivity index (χ2n) is 5.93. The van der Waals surface area contributed by atoms with Crippen LogP contribution in [0.25, 0.3) is 11.1 Å². The second-order valence-corrected chi connectivity index (χ2v) is 5.93. The number of aromatic nitrogens is 1. The van der Waals surface area contributed by atoms with Crippen molar-refractivity contribution in [1.82, 2.24) is 9.47 Å². The maximum Gasteiger partial charge on any atom is 0.419 e. The molecule has 1 heterocycles. The smallest absolute Gasteiger partial charge is 0.419 e. The Kier molecular flexibility index (Phi) is 7.06. The number of methoxy groups -OCH3 is 2. The van der Waals surface area contributed by atoms with Crippen LogP contribution in [-0.4, -0.2) is 59.5 Å². The number of fused-ring (bicyclic) bond motifs is 1. The van der Waals surface area contributed by atoms with Gasteiger partial charge in [0.2, 0.25) is 5.91 Å². The number of carbonyl (C=O) groups is 3. The summed E-state index contributed by atoms with van der Waals surface area (Å²) < 4.78 is 15.3. The molecule has 0 unspecified atom stereocenters. The molecule has 0 N–H and O–H groups in total. The second kappa shape index (κ2) is 9.48. The van der Waals surface area contributed by atoms with Gasteiger partial charge in [0.1, 0.15) is 13.1 Å². The highest BCUT2D eigenvalue weighted by atomic mass is 16.6. The number of benzene rings is 1. The van der Waals surface area contributed by atoms with Crippen molar-refractivity contribution >= 4 is 34.6 Å². The van der Waals surface area contributed by atoms with Gasteiger partial charge in [-0.3, -0.25) is 29.1 Å². The lowest BCUT2D eigenvalue weighted by molar-refractivity contribution is -0.384. The molecule has 0 saturated heterocycles. The first-order chi connectivity index (χ1) is 13.8. The van der Waals surface area contributed by atoms with Gasteiger partial charge < -0.3 is 18.8 Å². The minimum Gasteiger partial charge on any atom is -0.468 e. The topological polar surface area (TPSA) is 151 Å². The summed E-state index contributed by atoms with van der Waals surface area (Å²) in [6.07, 6.45) is 0.128. The summed E-state index contributed by atoms with van der Waals surface area (Å²) >= 11 is 0. The Balaban J connectivity index is 2.06. The van der Waals surface area contributed by atoms with Crippen molar-refractivity contribution in [1.29, 1.82) is 0 Å². The predicted octanol–water partition coefficient (Wildman–Crippen LogP) is 0.457. The van der Waals surface area contributed by atoms with E-state index in [-0.39, 0.29) is 30.7 Å². The monoisotopic (exact) mass is 409 g/mol. The van der Waals surface area contributed by atoms with Gasteiger partial charge in [0.15, 0.2) is 5.58 Å². The molecule has 2 rings (SSSR count). The van der Waals surface area contributed by atoms with Crippen molar-refractivity contribution in [2.45, 2.75) is 19.4 Å². The number of non-ortho nitro benzene ring substituents is 1. The molecule has 0 spiro atoms. The third-order valence-corrected chi connectivity index (χ3v) is 4.08. The largest absolute Gasteiger partial charge is 0.468 e. The van der Waals surface area contributed by atoms with Gasteiger partial charge in [-0.1, -0.05) is 0 Å². The first-order valence-electron chi connectivity index (χ1n) is 8.46. The van der Waals surface area contributed by atoms with Gasteiger partial charge in [0.25, 0.3) is 5.69 Å². The van der Waals surface area contributed by atoms with E-state index < -0.39 is 41.6 Å². The lowest BCUT2D eigenvalue weighted by Gasteiger charge is -2.20. The van der Waals surface area contributed by atoms with Gasteiger partial charge in [0.05, 0.1) is 30.7 Å². The molecule has 0 aliphatic carbocycles. The van der Waals surface area contributed by atoms with E-state index in [1.807, 2.05) is 0 Å². The van der Waals surface area contributed by atoms with E-state index in [0.717, 1.165) is 25.2 Å². The predicted molar refractivity (Wildman–Crippen MR) is 97.0 cm³/mol. The van der Waals surface area contributed by atoms with E-state index >= 15 is 0 Å². The number of esters is 2. The number of hydrogen-bond acceptors (Lipinski definition) is 9. The minimum atomic E-state index is -0.714. The van der Waals surface area contributed by atoms with Crippen LogP contribution >= 0.6 is 0 Å². The van der Waals surface area contributed by atoms with Crippen LogP contribution in [0.5, 0.6) is 0 Å². The first-order valence-corrected chi connectivity index (χ1v) is 8.46. The Hall–Kier alpha value is -3.70. The molecule has 0 saturated carbocycles. The Labute approximate surface area is 163 Å². The number of nitro groups is 1. The third-order valence-electron chi connectivity index (χ3n) is 4.08. The summed E-state index contributed by atoms with van der Waals surface area (Å²) in [4.78, 5) is 58.5. The van der Waals surface area contributed by atoms with Crippen molar-refractivity contribution in [3.05, 3.63) is 38.9 Å². The SMILES string of the molecule is COC(=O)CN(CC(=O)OC)C(=O)CCCn1c(=O)oc2cc([N+](=O)[O-])ccc21. The van der Waals surface area contributed by atoms with Crippen LogP contribution in [-0.2, 0) is 30.4 Å².